The number of carbonyl (C=O) groups excluding carboxylic acids is 1. The Bertz CT molecular complexity index is 548. The van der Waals surface area contributed by atoms with Crippen molar-refractivity contribution in [1.82, 2.24) is 9.88 Å². The van der Waals surface area contributed by atoms with Crippen molar-refractivity contribution >= 4 is 5.91 Å². The lowest BCUT2D eigenvalue weighted by Crippen LogP contribution is -2.48. The van der Waals surface area contributed by atoms with Gasteiger partial charge in [0.15, 0.2) is 0 Å². The highest BCUT2D eigenvalue weighted by atomic mass is 16.5. The van der Waals surface area contributed by atoms with Crippen molar-refractivity contribution in [3.8, 4) is 11.8 Å². The largest absolute Gasteiger partial charge is 0.395 e. The lowest BCUT2D eigenvalue weighted by molar-refractivity contribution is -0.00281. The minimum absolute atomic E-state index is 0.0118. The maximum absolute atomic E-state index is 12.7. The molecule has 1 aliphatic heterocycles. The lowest BCUT2D eigenvalue weighted by atomic mass is 10.1. The highest BCUT2D eigenvalue weighted by Crippen LogP contribution is 2.16. The number of hydrogen-bond donors (Lipinski definition) is 1. The second-order valence-electron chi connectivity index (χ2n) is 4.83. The summed E-state index contributed by atoms with van der Waals surface area (Å²) in [4.78, 5) is 18.6. The van der Waals surface area contributed by atoms with Crippen LogP contribution in [0.15, 0.2) is 18.5 Å². The van der Waals surface area contributed by atoms with Crippen molar-refractivity contribution in [2.24, 2.45) is 0 Å². The summed E-state index contributed by atoms with van der Waals surface area (Å²) in [7, 11) is 0. The van der Waals surface area contributed by atoms with Gasteiger partial charge in [0.1, 0.15) is 0 Å². The van der Waals surface area contributed by atoms with Crippen LogP contribution in [0.25, 0.3) is 0 Å². The molecule has 1 atom stereocenters. The van der Waals surface area contributed by atoms with E-state index in [0.717, 1.165) is 6.42 Å². The number of amides is 1. The molecule has 5 heteroatoms. The Kier molecular flexibility index (Phi) is 5.73. The van der Waals surface area contributed by atoms with Crippen LogP contribution in [-0.4, -0.2) is 53.3 Å². The molecular weight excluding hydrogens is 268 g/mol. The fourth-order valence-electron chi connectivity index (χ4n) is 2.31. The SMILES string of the molecule is CCC1COCCN1C(=O)c1ccncc1C#CCCO. The summed E-state index contributed by atoms with van der Waals surface area (Å²) in [5.41, 5.74) is 1.17. The Morgan fingerprint density at radius 3 is 3.24 bits per heavy atom. The Hall–Kier alpha value is -1.90. The number of ether oxygens (including phenoxy) is 1. The molecule has 1 aromatic heterocycles. The molecule has 0 aromatic carbocycles. The second-order valence-corrected chi connectivity index (χ2v) is 4.83. The van der Waals surface area contributed by atoms with Crippen molar-refractivity contribution in [2.75, 3.05) is 26.4 Å². The second kappa shape index (κ2) is 7.77. The number of morpholine rings is 1. The highest BCUT2D eigenvalue weighted by molar-refractivity contribution is 5.96. The van der Waals surface area contributed by atoms with Gasteiger partial charge < -0.3 is 14.7 Å². The fourth-order valence-corrected chi connectivity index (χ4v) is 2.31. The number of aromatic nitrogens is 1. The smallest absolute Gasteiger partial charge is 0.255 e. The monoisotopic (exact) mass is 288 g/mol. The van der Waals surface area contributed by atoms with Crippen LogP contribution < -0.4 is 0 Å². The standard InChI is InChI=1S/C16H20N2O3/c1-2-14-12-21-10-8-18(14)16(20)15-6-7-17-11-13(15)5-3-4-9-19/h6-7,11,14,19H,2,4,8-10,12H2,1H3. The molecule has 1 unspecified atom stereocenters. The number of aliphatic hydroxyl groups is 1. The number of pyridine rings is 1. The van der Waals surface area contributed by atoms with Gasteiger partial charge >= 0.3 is 0 Å². The molecule has 5 nitrogen and oxygen atoms in total. The molecule has 1 aliphatic rings. The summed E-state index contributed by atoms with van der Waals surface area (Å²) in [6, 6.07) is 1.81. The van der Waals surface area contributed by atoms with Gasteiger partial charge in [-0.05, 0) is 12.5 Å². The molecule has 1 aromatic rings. The third kappa shape index (κ3) is 3.81. The van der Waals surface area contributed by atoms with Crippen molar-refractivity contribution in [2.45, 2.75) is 25.8 Å². The zero-order valence-electron chi connectivity index (χ0n) is 12.2. The lowest BCUT2D eigenvalue weighted by Gasteiger charge is -2.35. The number of hydrogen-bond acceptors (Lipinski definition) is 4. The van der Waals surface area contributed by atoms with Crippen molar-refractivity contribution in [3.05, 3.63) is 29.6 Å². The van der Waals surface area contributed by atoms with Crippen LogP contribution in [0, 0.1) is 11.8 Å². The van der Waals surface area contributed by atoms with Crippen LogP contribution >= 0.6 is 0 Å². The van der Waals surface area contributed by atoms with Gasteiger partial charge in [-0.1, -0.05) is 18.8 Å². The number of rotatable bonds is 3. The highest BCUT2D eigenvalue weighted by Gasteiger charge is 2.27. The molecule has 1 fully saturated rings. The molecular formula is C16H20N2O3. The number of carbonyl (C=O) groups is 1. The average molecular weight is 288 g/mol. The van der Waals surface area contributed by atoms with Crippen molar-refractivity contribution in [3.63, 3.8) is 0 Å². The van der Waals surface area contributed by atoms with Gasteiger partial charge in [0.2, 0.25) is 0 Å². The third-order valence-corrected chi connectivity index (χ3v) is 3.47. The van der Waals surface area contributed by atoms with Crippen LogP contribution in [0.2, 0.25) is 0 Å². The van der Waals surface area contributed by atoms with E-state index < -0.39 is 0 Å². The van der Waals surface area contributed by atoms with E-state index in [1.165, 1.54) is 0 Å². The summed E-state index contributed by atoms with van der Waals surface area (Å²) in [5.74, 6) is 5.73. The third-order valence-electron chi connectivity index (χ3n) is 3.47. The summed E-state index contributed by atoms with van der Waals surface area (Å²) in [6.45, 7) is 3.81. The van der Waals surface area contributed by atoms with E-state index >= 15 is 0 Å². The maximum atomic E-state index is 12.7. The predicted molar refractivity (Wildman–Crippen MR) is 78.8 cm³/mol. The molecule has 0 bridgehead atoms. The average Bonchev–Trinajstić information content (AvgIpc) is 2.55. The fraction of sp³-hybridized carbons (Fsp3) is 0.500. The minimum atomic E-state index is -0.0270. The van der Waals surface area contributed by atoms with Gasteiger partial charge in [-0.25, -0.2) is 0 Å². The zero-order valence-corrected chi connectivity index (χ0v) is 12.2. The Morgan fingerprint density at radius 2 is 2.48 bits per heavy atom. The summed E-state index contributed by atoms with van der Waals surface area (Å²) in [6.07, 6.45) is 4.45. The van der Waals surface area contributed by atoms with E-state index in [1.807, 2.05) is 11.8 Å². The number of nitrogens with zero attached hydrogens (tertiary/aromatic N) is 2. The molecule has 0 saturated carbocycles. The predicted octanol–water partition coefficient (Wildman–Crippen LogP) is 1.07. The van der Waals surface area contributed by atoms with E-state index in [2.05, 4.69) is 16.8 Å². The first kappa shape index (κ1) is 15.5. The first-order valence-electron chi connectivity index (χ1n) is 7.20. The Labute approximate surface area is 124 Å². The molecule has 21 heavy (non-hydrogen) atoms. The zero-order chi connectivity index (χ0) is 15.1. The minimum Gasteiger partial charge on any atom is -0.395 e. The van der Waals surface area contributed by atoms with Crippen LogP contribution in [0.1, 0.15) is 35.7 Å². The molecule has 1 N–H and O–H groups in total. The van der Waals surface area contributed by atoms with E-state index in [1.54, 1.807) is 18.5 Å². The summed E-state index contributed by atoms with van der Waals surface area (Å²) >= 11 is 0. The van der Waals surface area contributed by atoms with E-state index in [-0.39, 0.29) is 18.6 Å². The van der Waals surface area contributed by atoms with Crippen molar-refractivity contribution in [1.29, 1.82) is 0 Å². The van der Waals surface area contributed by atoms with E-state index in [4.69, 9.17) is 9.84 Å². The summed E-state index contributed by atoms with van der Waals surface area (Å²) in [5, 5.41) is 8.79. The van der Waals surface area contributed by atoms with Crippen molar-refractivity contribution < 1.29 is 14.6 Å². The van der Waals surface area contributed by atoms with E-state index in [9.17, 15) is 4.79 Å². The van der Waals surface area contributed by atoms with Gasteiger partial charge in [-0.2, -0.15) is 0 Å². The van der Waals surface area contributed by atoms with Crippen LogP contribution in [0.3, 0.4) is 0 Å². The molecule has 0 spiro atoms. The van der Waals surface area contributed by atoms with Gasteiger partial charge in [0.25, 0.3) is 5.91 Å². The van der Waals surface area contributed by atoms with Gasteiger partial charge in [-0.15, -0.1) is 0 Å². The van der Waals surface area contributed by atoms with Crippen LogP contribution in [0.4, 0.5) is 0 Å². The van der Waals surface area contributed by atoms with Gasteiger partial charge in [0, 0.05) is 25.4 Å². The molecule has 0 radical (unpaired) electrons. The topological polar surface area (TPSA) is 62.7 Å². The molecule has 0 aliphatic carbocycles. The van der Waals surface area contributed by atoms with Crippen LogP contribution in [-0.2, 0) is 4.74 Å². The quantitative estimate of drug-likeness (QED) is 0.845. The Morgan fingerprint density at radius 1 is 1.62 bits per heavy atom. The molecule has 112 valence electrons. The van der Waals surface area contributed by atoms with Crippen LogP contribution in [0.5, 0.6) is 0 Å². The molecule has 2 rings (SSSR count). The number of aliphatic hydroxyl groups excluding tert-OH is 1. The molecule has 1 saturated heterocycles. The first-order valence-corrected chi connectivity index (χ1v) is 7.20. The Balaban J connectivity index is 2.24. The van der Waals surface area contributed by atoms with Gasteiger partial charge in [-0.3, -0.25) is 9.78 Å². The maximum Gasteiger partial charge on any atom is 0.255 e. The van der Waals surface area contributed by atoms with E-state index in [0.29, 0.717) is 37.3 Å². The summed E-state index contributed by atoms with van der Waals surface area (Å²) < 4.78 is 5.44. The molecule has 1 amide bonds. The normalized spacial score (nSPS) is 18.0. The van der Waals surface area contributed by atoms with Gasteiger partial charge in [0.05, 0.1) is 37.0 Å². The first-order chi connectivity index (χ1) is 10.3. The molecule has 2 heterocycles.